The predicted molar refractivity (Wildman–Crippen MR) is 85.2 cm³/mol. The smallest absolute Gasteiger partial charge is 0.0710 e. The molecule has 1 spiro atoms. The number of rotatable bonds is 2. The third-order valence-corrected chi connectivity index (χ3v) is 6.79. The summed E-state index contributed by atoms with van der Waals surface area (Å²) in [6.45, 7) is 3.69. The van der Waals surface area contributed by atoms with Crippen molar-refractivity contribution in [1.29, 1.82) is 0 Å². The molecule has 0 aromatic rings. The van der Waals surface area contributed by atoms with Crippen molar-refractivity contribution >= 4 is 0 Å². The highest BCUT2D eigenvalue weighted by Crippen LogP contribution is 2.43. The highest BCUT2D eigenvalue weighted by atomic mass is 16.5. The first kappa shape index (κ1) is 14.5. The molecule has 0 bridgehead atoms. The zero-order chi connectivity index (χ0) is 14.3. The number of ether oxygens (including phenoxy) is 1. The van der Waals surface area contributed by atoms with E-state index in [4.69, 9.17) is 10.5 Å². The van der Waals surface area contributed by atoms with Gasteiger partial charge in [-0.1, -0.05) is 25.7 Å². The van der Waals surface area contributed by atoms with Crippen LogP contribution in [0.1, 0.15) is 64.2 Å². The van der Waals surface area contributed by atoms with Gasteiger partial charge in [-0.25, -0.2) is 0 Å². The van der Waals surface area contributed by atoms with E-state index in [1.165, 1.54) is 83.8 Å². The van der Waals surface area contributed by atoms with E-state index >= 15 is 0 Å². The van der Waals surface area contributed by atoms with E-state index in [1.807, 2.05) is 0 Å². The van der Waals surface area contributed by atoms with Crippen molar-refractivity contribution in [2.45, 2.75) is 82.0 Å². The van der Waals surface area contributed by atoms with Gasteiger partial charge in [-0.3, -0.25) is 0 Å². The summed E-state index contributed by atoms with van der Waals surface area (Å²) in [7, 11) is 0. The Labute approximate surface area is 129 Å². The zero-order valence-corrected chi connectivity index (χ0v) is 13.4. The van der Waals surface area contributed by atoms with Crippen LogP contribution >= 0.6 is 0 Å². The zero-order valence-electron chi connectivity index (χ0n) is 13.4. The van der Waals surface area contributed by atoms with Crippen molar-refractivity contribution in [2.75, 3.05) is 19.6 Å². The van der Waals surface area contributed by atoms with Gasteiger partial charge in [-0.15, -0.1) is 0 Å². The van der Waals surface area contributed by atoms with Gasteiger partial charge in [-0.05, 0) is 50.4 Å². The SMILES string of the molecule is NC1CCCC2CN(CC3CCC4(CCCCC4)O3)CC12. The standard InChI is InChI=1S/C18H32N2O/c19-17-6-4-5-14-11-20(13-16(14)17)12-15-7-10-18(21-15)8-2-1-3-9-18/h14-17H,1-13,19H2. The molecule has 0 amide bonds. The third kappa shape index (κ3) is 2.89. The number of hydrogen-bond acceptors (Lipinski definition) is 3. The van der Waals surface area contributed by atoms with Crippen LogP contribution in [0.2, 0.25) is 0 Å². The maximum Gasteiger partial charge on any atom is 0.0710 e. The third-order valence-electron chi connectivity index (χ3n) is 6.79. The molecule has 4 fully saturated rings. The van der Waals surface area contributed by atoms with Crippen LogP contribution in [0.4, 0.5) is 0 Å². The summed E-state index contributed by atoms with van der Waals surface area (Å²) >= 11 is 0. The van der Waals surface area contributed by atoms with Crippen LogP contribution in [0.3, 0.4) is 0 Å². The Morgan fingerprint density at radius 2 is 1.81 bits per heavy atom. The quantitative estimate of drug-likeness (QED) is 0.850. The fraction of sp³-hybridized carbons (Fsp3) is 1.00. The maximum atomic E-state index is 6.56. The van der Waals surface area contributed by atoms with Crippen molar-refractivity contribution in [2.24, 2.45) is 17.6 Å². The fourth-order valence-electron chi connectivity index (χ4n) is 5.63. The molecule has 0 aromatic heterocycles. The molecule has 3 nitrogen and oxygen atoms in total. The van der Waals surface area contributed by atoms with Crippen LogP contribution in [0.15, 0.2) is 0 Å². The minimum absolute atomic E-state index is 0.284. The lowest BCUT2D eigenvalue weighted by atomic mass is 9.78. The second-order valence-electron chi connectivity index (χ2n) is 8.26. The number of fused-ring (bicyclic) bond motifs is 1. The normalized spacial score (nSPS) is 43.3. The summed E-state index contributed by atoms with van der Waals surface area (Å²) in [5.41, 5.74) is 6.63. The Bertz CT molecular complexity index is 366. The van der Waals surface area contributed by atoms with E-state index in [0.717, 1.165) is 11.8 Å². The van der Waals surface area contributed by atoms with Gasteiger partial charge < -0.3 is 15.4 Å². The van der Waals surface area contributed by atoms with Crippen LogP contribution in [0.25, 0.3) is 0 Å². The van der Waals surface area contributed by atoms with E-state index in [2.05, 4.69) is 4.90 Å². The Hall–Kier alpha value is -0.120. The molecule has 2 aliphatic heterocycles. The van der Waals surface area contributed by atoms with Crippen LogP contribution in [0, 0.1) is 11.8 Å². The van der Waals surface area contributed by atoms with E-state index in [1.54, 1.807) is 0 Å². The van der Waals surface area contributed by atoms with Gasteiger partial charge in [0.25, 0.3) is 0 Å². The monoisotopic (exact) mass is 292 g/mol. The van der Waals surface area contributed by atoms with Crippen molar-refractivity contribution in [3.63, 3.8) is 0 Å². The Morgan fingerprint density at radius 3 is 2.62 bits per heavy atom. The summed E-state index contributed by atoms with van der Waals surface area (Å²) in [6.07, 6.45) is 13.9. The molecule has 2 saturated heterocycles. The molecule has 120 valence electrons. The van der Waals surface area contributed by atoms with Crippen molar-refractivity contribution in [3.05, 3.63) is 0 Å². The van der Waals surface area contributed by atoms with E-state index in [0.29, 0.717) is 12.1 Å². The van der Waals surface area contributed by atoms with Gasteiger partial charge in [-0.2, -0.15) is 0 Å². The lowest BCUT2D eigenvalue weighted by molar-refractivity contribution is -0.0707. The molecular formula is C18H32N2O. The van der Waals surface area contributed by atoms with Crippen LogP contribution in [-0.2, 0) is 4.74 Å². The van der Waals surface area contributed by atoms with E-state index in [-0.39, 0.29) is 5.60 Å². The average Bonchev–Trinajstić information content (AvgIpc) is 3.06. The molecule has 4 aliphatic rings. The molecule has 4 atom stereocenters. The molecule has 0 radical (unpaired) electrons. The van der Waals surface area contributed by atoms with Gasteiger partial charge >= 0.3 is 0 Å². The largest absolute Gasteiger partial charge is 0.370 e. The molecule has 2 saturated carbocycles. The molecular weight excluding hydrogens is 260 g/mol. The second-order valence-corrected chi connectivity index (χ2v) is 8.26. The fourth-order valence-corrected chi connectivity index (χ4v) is 5.63. The molecule has 3 heteroatoms. The lowest BCUT2D eigenvalue weighted by Gasteiger charge is -2.34. The Balaban J connectivity index is 1.31. The first-order valence-electron chi connectivity index (χ1n) is 9.40. The highest BCUT2D eigenvalue weighted by molar-refractivity contribution is 4.96. The number of likely N-dealkylation sites (tertiary alicyclic amines) is 1. The highest BCUT2D eigenvalue weighted by Gasteiger charge is 2.43. The van der Waals surface area contributed by atoms with Crippen molar-refractivity contribution in [3.8, 4) is 0 Å². The maximum absolute atomic E-state index is 6.56. The molecule has 4 rings (SSSR count). The summed E-state index contributed by atoms with van der Waals surface area (Å²) in [5.74, 6) is 1.64. The first-order chi connectivity index (χ1) is 10.2. The number of nitrogens with zero attached hydrogens (tertiary/aromatic N) is 1. The molecule has 2 heterocycles. The Morgan fingerprint density at radius 1 is 0.952 bits per heavy atom. The number of nitrogens with two attached hydrogens (primary N) is 1. The Kier molecular flexibility index (Phi) is 4.01. The summed E-state index contributed by atoms with van der Waals surface area (Å²) in [4.78, 5) is 2.67. The van der Waals surface area contributed by atoms with Crippen molar-refractivity contribution in [1.82, 2.24) is 4.90 Å². The summed E-state index contributed by atoms with van der Waals surface area (Å²) < 4.78 is 6.56. The van der Waals surface area contributed by atoms with Crippen LogP contribution in [0.5, 0.6) is 0 Å². The topological polar surface area (TPSA) is 38.5 Å². The second kappa shape index (κ2) is 5.82. The first-order valence-corrected chi connectivity index (χ1v) is 9.40. The van der Waals surface area contributed by atoms with E-state index < -0.39 is 0 Å². The predicted octanol–water partition coefficient (Wildman–Crippen LogP) is 2.93. The van der Waals surface area contributed by atoms with Crippen molar-refractivity contribution < 1.29 is 4.74 Å². The minimum Gasteiger partial charge on any atom is -0.370 e. The van der Waals surface area contributed by atoms with E-state index in [9.17, 15) is 0 Å². The van der Waals surface area contributed by atoms with Gasteiger partial charge in [0, 0.05) is 25.7 Å². The van der Waals surface area contributed by atoms with Crippen LogP contribution in [-0.4, -0.2) is 42.3 Å². The molecule has 0 aromatic carbocycles. The molecule has 2 N–H and O–H groups in total. The van der Waals surface area contributed by atoms with Gasteiger partial charge in [0.15, 0.2) is 0 Å². The summed E-state index contributed by atoms with van der Waals surface area (Å²) in [6, 6.07) is 0.461. The summed E-state index contributed by atoms with van der Waals surface area (Å²) in [5, 5.41) is 0. The molecule has 4 unspecified atom stereocenters. The van der Waals surface area contributed by atoms with Gasteiger partial charge in [0.1, 0.15) is 0 Å². The van der Waals surface area contributed by atoms with Gasteiger partial charge in [0.05, 0.1) is 11.7 Å². The minimum atomic E-state index is 0.284. The molecule has 2 aliphatic carbocycles. The van der Waals surface area contributed by atoms with Crippen LogP contribution < -0.4 is 5.73 Å². The number of hydrogen-bond donors (Lipinski definition) is 1. The molecule has 21 heavy (non-hydrogen) atoms. The average molecular weight is 292 g/mol. The lowest BCUT2D eigenvalue weighted by Crippen LogP contribution is -2.39. The van der Waals surface area contributed by atoms with Gasteiger partial charge in [0.2, 0.25) is 0 Å².